The number of phenolic OH excluding ortho intramolecular Hbond substituents is 1. The van der Waals surface area contributed by atoms with Crippen molar-refractivity contribution in [3.8, 4) is 5.75 Å². The summed E-state index contributed by atoms with van der Waals surface area (Å²) in [7, 11) is 0. The highest BCUT2D eigenvalue weighted by atomic mass is 16.3. The first-order valence-electron chi connectivity index (χ1n) is 9.47. The highest BCUT2D eigenvalue weighted by Gasteiger charge is 2.28. The molecule has 2 N–H and O–H groups in total. The van der Waals surface area contributed by atoms with Crippen LogP contribution in [0.25, 0.3) is 0 Å². The van der Waals surface area contributed by atoms with Crippen molar-refractivity contribution in [3.05, 3.63) is 29.8 Å². The number of hydrogen-bond acceptors (Lipinski definition) is 3. The molecule has 0 spiro atoms. The zero-order valence-corrected chi connectivity index (χ0v) is 14.7. The largest absolute Gasteiger partial charge is 0.508 e. The Bertz CT molecular complexity index is 529. The van der Waals surface area contributed by atoms with Crippen LogP contribution in [0.1, 0.15) is 63.4 Å². The zero-order valence-electron chi connectivity index (χ0n) is 14.7. The molecule has 0 aromatic heterocycles. The van der Waals surface area contributed by atoms with Crippen LogP contribution >= 0.6 is 0 Å². The average Bonchev–Trinajstić information content (AvgIpc) is 2.63. The minimum absolute atomic E-state index is 0.0345. The Hall–Kier alpha value is -1.55. The summed E-state index contributed by atoms with van der Waals surface area (Å²) in [4.78, 5) is 14.8. The Balaban J connectivity index is 1.48. The van der Waals surface area contributed by atoms with Crippen LogP contribution in [-0.4, -0.2) is 41.1 Å². The molecule has 2 fully saturated rings. The number of piperidine rings is 1. The molecule has 1 aliphatic carbocycles. The van der Waals surface area contributed by atoms with E-state index in [2.05, 4.69) is 10.2 Å². The third-order valence-electron chi connectivity index (χ3n) is 5.77. The highest BCUT2D eigenvalue weighted by molar-refractivity contribution is 5.81. The lowest BCUT2D eigenvalue weighted by molar-refractivity contribution is -0.127. The van der Waals surface area contributed by atoms with Crippen LogP contribution in [0.3, 0.4) is 0 Å². The van der Waals surface area contributed by atoms with Crippen LogP contribution in [0, 0.1) is 0 Å². The molecule has 0 radical (unpaired) electrons. The van der Waals surface area contributed by atoms with Gasteiger partial charge in [-0.15, -0.1) is 0 Å². The molecule has 1 amide bonds. The van der Waals surface area contributed by atoms with Crippen molar-refractivity contribution in [3.63, 3.8) is 0 Å². The predicted octanol–water partition coefficient (Wildman–Crippen LogP) is 3.41. The van der Waals surface area contributed by atoms with E-state index in [1.807, 2.05) is 19.1 Å². The van der Waals surface area contributed by atoms with Gasteiger partial charge in [-0.3, -0.25) is 9.69 Å². The molecule has 3 rings (SSSR count). The van der Waals surface area contributed by atoms with Crippen molar-refractivity contribution in [2.24, 2.45) is 0 Å². The quantitative estimate of drug-likeness (QED) is 0.889. The molecule has 0 bridgehead atoms. The van der Waals surface area contributed by atoms with E-state index < -0.39 is 0 Å². The van der Waals surface area contributed by atoms with Crippen LogP contribution < -0.4 is 5.32 Å². The van der Waals surface area contributed by atoms with Gasteiger partial charge in [-0.05, 0) is 69.3 Å². The second-order valence-corrected chi connectivity index (χ2v) is 7.42. The predicted molar refractivity (Wildman–Crippen MR) is 96.1 cm³/mol. The first-order valence-corrected chi connectivity index (χ1v) is 9.47. The molecule has 24 heavy (non-hydrogen) atoms. The molecule has 1 atom stereocenters. The van der Waals surface area contributed by atoms with Crippen LogP contribution in [0.15, 0.2) is 24.3 Å². The molecule has 2 aliphatic rings. The molecule has 1 aromatic carbocycles. The van der Waals surface area contributed by atoms with Crippen LogP contribution in [0.4, 0.5) is 0 Å². The second kappa shape index (κ2) is 8.02. The normalized spacial score (nSPS) is 22.2. The number of nitrogens with one attached hydrogen (secondary N) is 1. The van der Waals surface area contributed by atoms with Gasteiger partial charge >= 0.3 is 0 Å². The Kier molecular flexibility index (Phi) is 5.77. The molecule has 1 aromatic rings. The maximum Gasteiger partial charge on any atom is 0.237 e. The molecular formula is C20H30N2O2. The van der Waals surface area contributed by atoms with Crippen molar-refractivity contribution >= 4 is 5.91 Å². The number of hydrogen-bond donors (Lipinski definition) is 2. The molecule has 1 aliphatic heterocycles. The standard InChI is InChI=1S/C20H30N2O2/c1-15(20(24)21-18-5-3-2-4-6-18)22-13-11-17(12-14-22)16-7-9-19(23)10-8-16/h7-10,15,17-18,23H,2-6,11-14H2,1H3,(H,21,24). The van der Waals surface area contributed by atoms with Gasteiger partial charge in [-0.2, -0.15) is 0 Å². The van der Waals surface area contributed by atoms with Gasteiger partial charge < -0.3 is 10.4 Å². The summed E-state index contributed by atoms with van der Waals surface area (Å²) in [6, 6.07) is 7.93. The molecular weight excluding hydrogens is 300 g/mol. The van der Waals surface area contributed by atoms with Gasteiger partial charge in [0.2, 0.25) is 5.91 Å². The van der Waals surface area contributed by atoms with Crippen molar-refractivity contribution in [1.29, 1.82) is 0 Å². The number of carbonyl (C=O) groups excluding carboxylic acids is 1. The van der Waals surface area contributed by atoms with Crippen molar-refractivity contribution < 1.29 is 9.90 Å². The Morgan fingerprint density at radius 3 is 2.33 bits per heavy atom. The second-order valence-electron chi connectivity index (χ2n) is 7.42. The summed E-state index contributed by atoms with van der Waals surface area (Å²) in [5.41, 5.74) is 1.30. The van der Waals surface area contributed by atoms with Gasteiger partial charge in [0.1, 0.15) is 5.75 Å². The maximum atomic E-state index is 12.5. The third-order valence-corrected chi connectivity index (χ3v) is 5.77. The molecule has 1 saturated heterocycles. The fraction of sp³-hybridized carbons (Fsp3) is 0.650. The van der Waals surface area contributed by atoms with Crippen LogP contribution in [0.5, 0.6) is 5.75 Å². The lowest BCUT2D eigenvalue weighted by Gasteiger charge is -2.36. The van der Waals surface area contributed by atoms with Gasteiger partial charge in [-0.25, -0.2) is 0 Å². The van der Waals surface area contributed by atoms with Gasteiger partial charge in [0, 0.05) is 6.04 Å². The van der Waals surface area contributed by atoms with E-state index in [4.69, 9.17) is 0 Å². The van der Waals surface area contributed by atoms with Gasteiger partial charge in [-0.1, -0.05) is 31.4 Å². The number of rotatable bonds is 4. The fourth-order valence-corrected chi connectivity index (χ4v) is 4.10. The first kappa shape index (κ1) is 17.3. The van der Waals surface area contributed by atoms with Crippen LogP contribution in [-0.2, 0) is 4.79 Å². The minimum Gasteiger partial charge on any atom is -0.508 e. The molecule has 132 valence electrons. The summed E-state index contributed by atoms with van der Waals surface area (Å²) in [6.45, 7) is 3.97. The summed E-state index contributed by atoms with van der Waals surface area (Å²) < 4.78 is 0. The number of aromatic hydroxyl groups is 1. The molecule has 1 saturated carbocycles. The monoisotopic (exact) mass is 330 g/mol. The van der Waals surface area contributed by atoms with Crippen molar-refractivity contribution in [1.82, 2.24) is 10.2 Å². The zero-order chi connectivity index (χ0) is 16.9. The highest BCUT2D eigenvalue weighted by Crippen LogP contribution is 2.29. The topological polar surface area (TPSA) is 52.6 Å². The third kappa shape index (κ3) is 4.29. The van der Waals surface area contributed by atoms with Crippen molar-refractivity contribution in [2.75, 3.05) is 13.1 Å². The molecule has 4 heteroatoms. The average molecular weight is 330 g/mol. The summed E-state index contributed by atoms with van der Waals surface area (Å²) in [5, 5.41) is 12.7. The minimum atomic E-state index is -0.0345. The fourth-order valence-electron chi connectivity index (χ4n) is 4.10. The SMILES string of the molecule is CC(C(=O)NC1CCCCC1)N1CCC(c2ccc(O)cc2)CC1. The van der Waals surface area contributed by atoms with E-state index >= 15 is 0 Å². The molecule has 1 heterocycles. The summed E-state index contributed by atoms with van der Waals surface area (Å²) >= 11 is 0. The molecule has 1 unspecified atom stereocenters. The van der Waals surface area contributed by atoms with Crippen LogP contribution in [0.2, 0.25) is 0 Å². The summed E-state index contributed by atoms with van der Waals surface area (Å²) in [6.07, 6.45) is 8.24. The Labute approximate surface area is 145 Å². The number of benzene rings is 1. The summed E-state index contributed by atoms with van der Waals surface area (Å²) in [5.74, 6) is 1.06. The Morgan fingerprint density at radius 2 is 1.71 bits per heavy atom. The van der Waals surface area contributed by atoms with E-state index in [0.29, 0.717) is 17.7 Å². The number of phenols is 1. The Morgan fingerprint density at radius 1 is 1.08 bits per heavy atom. The number of likely N-dealkylation sites (tertiary alicyclic amines) is 1. The van der Waals surface area contributed by atoms with Gasteiger partial charge in [0.05, 0.1) is 6.04 Å². The van der Waals surface area contributed by atoms with E-state index in [9.17, 15) is 9.90 Å². The van der Waals surface area contributed by atoms with Gasteiger partial charge in [0.25, 0.3) is 0 Å². The van der Waals surface area contributed by atoms with Crippen molar-refractivity contribution in [2.45, 2.75) is 69.9 Å². The first-order chi connectivity index (χ1) is 11.6. The molecule has 4 nitrogen and oxygen atoms in total. The number of carbonyl (C=O) groups is 1. The van der Waals surface area contributed by atoms with Gasteiger partial charge in [0.15, 0.2) is 0 Å². The maximum absolute atomic E-state index is 12.5. The lowest BCUT2D eigenvalue weighted by atomic mass is 9.89. The number of amides is 1. The lowest BCUT2D eigenvalue weighted by Crippen LogP contribution is -2.50. The van der Waals surface area contributed by atoms with E-state index in [0.717, 1.165) is 38.8 Å². The smallest absolute Gasteiger partial charge is 0.237 e. The number of nitrogens with zero attached hydrogens (tertiary/aromatic N) is 1. The van der Waals surface area contributed by atoms with E-state index in [1.54, 1.807) is 12.1 Å². The van der Waals surface area contributed by atoms with E-state index in [1.165, 1.54) is 24.8 Å². The van der Waals surface area contributed by atoms with E-state index in [-0.39, 0.29) is 11.9 Å².